The predicted molar refractivity (Wildman–Crippen MR) is 125 cm³/mol. The molecule has 8 heteroatoms. The molecule has 33 heavy (non-hydrogen) atoms. The van der Waals surface area contributed by atoms with E-state index in [1.54, 1.807) is 12.3 Å². The highest BCUT2D eigenvalue weighted by molar-refractivity contribution is 5.79. The second-order valence-electron chi connectivity index (χ2n) is 9.24. The van der Waals surface area contributed by atoms with Gasteiger partial charge in [0.05, 0.1) is 31.6 Å². The number of carbonyl (C=O) groups is 1. The van der Waals surface area contributed by atoms with E-state index in [-0.39, 0.29) is 0 Å². The first-order valence-corrected chi connectivity index (χ1v) is 12.2. The van der Waals surface area contributed by atoms with Crippen LogP contribution in [0.15, 0.2) is 24.5 Å². The molecule has 2 aromatic rings. The van der Waals surface area contributed by atoms with Crippen molar-refractivity contribution < 1.29 is 19.0 Å². The van der Waals surface area contributed by atoms with E-state index in [2.05, 4.69) is 39.6 Å². The fourth-order valence-electron chi connectivity index (χ4n) is 4.88. The zero-order valence-corrected chi connectivity index (χ0v) is 19.8. The summed E-state index contributed by atoms with van der Waals surface area (Å²) in [5, 5.41) is 4.53. The van der Waals surface area contributed by atoms with Gasteiger partial charge in [0.1, 0.15) is 12.4 Å². The van der Waals surface area contributed by atoms with Gasteiger partial charge < -0.3 is 14.2 Å². The summed E-state index contributed by atoms with van der Waals surface area (Å²) >= 11 is 0. The van der Waals surface area contributed by atoms with Crippen molar-refractivity contribution in [2.45, 2.75) is 51.5 Å². The van der Waals surface area contributed by atoms with Crippen LogP contribution in [0.1, 0.15) is 67.5 Å². The molecule has 1 saturated carbocycles. The average molecular weight is 457 g/mol. The van der Waals surface area contributed by atoms with Crippen LogP contribution in [0.25, 0.3) is 0 Å². The number of aldehydes is 1. The Hall–Kier alpha value is -2.45. The Kier molecular flexibility index (Phi) is 8.34. The molecular formula is C25H36N4O4. The van der Waals surface area contributed by atoms with Crippen LogP contribution < -0.4 is 9.47 Å². The molecule has 1 aliphatic heterocycles. The van der Waals surface area contributed by atoms with E-state index in [4.69, 9.17) is 14.2 Å². The standard InChI is InChI=1S/C25H36N4O4/c1-19(2)29-23(7-8-27-29)22-6-4-3-5-20(22)18-33-24-16-26-25(15-21(24)17-30)32-14-11-28-9-12-31-13-10-28/h7-8,15-17,19-20,22H,3-6,9-14,18H2,1-2H3. The van der Waals surface area contributed by atoms with E-state index in [1.165, 1.54) is 18.5 Å². The van der Waals surface area contributed by atoms with Crippen molar-refractivity contribution in [1.82, 2.24) is 19.7 Å². The first kappa shape index (κ1) is 23.7. The van der Waals surface area contributed by atoms with Crippen LogP contribution in [-0.2, 0) is 4.74 Å². The molecule has 2 fully saturated rings. The van der Waals surface area contributed by atoms with Crippen molar-refractivity contribution in [3.8, 4) is 11.6 Å². The fourth-order valence-corrected chi connectivity index (χ4v) is 4.88. The van der Waals surface area contributed by atoms with Crippen LogP contribution in [0, 0.1) is 5.92 Å². The predicted octanol–water partition coefficient (Wildman–Crippen LogP) is 3.74. The normalized spacial score (nSPS) is 21.8. The van der Waals surface area contributed by atoms with Crippen molar-refractivity contribution in [3.63, 3.8) is 0 Å². The minimum Gasteiger partial charge on any atom is -0.491 e. The minimum atomic E-state index is 0.333. The molecule has 1 saturated heterocycles. The summed E-state index contributed by atoms with van der Waals surface area (Å²) in [6, 6.07) is 4.15. The van der Waals surface area contributed by atoms with Crippen LogP contribution >= 0.6 is 0 Å². The maximum atomic E-state index is 11.7. The van der Waals surface area contributed by atoms with Gasteiger partial charge in [-0.25, -0.2) is 4.98 Å². The maximum absolute atomic E-state index is 11.7. The lowest BCUT2D eigenvalue weighted by Gasteiger charge is -2.32. The Bertz CT molecular complexity index is 894. The number of hydrogen-bond donors (Lipinski definition) is 0. The van der Waals surface area contributed by atoms with Crippen LogP contribution in [0.4, 0.5) is 0 Å². The zero-order valence-electron chi connectivity index (χ0n) is 19.8. The molecular weight excluding hydrogens is 420 g/mol. The molecule has 1 aliphatic carbocycles. The summed E-state index contributed by atoms with van der Waals surface area (Å²) in [7, 11) is 0. The number of hydrogen-bond acceptors (Lipinski definition) is 7. The molecule has 0 amide bonds. The van der Waals surface area contributed by atoms with Gasteiger partial charge in [-0.3, -0.25) is 14.4 Å². The van der Waals surface area contributed by atoms with Gasteiger partial charge in [0.2, 0.25) is 5.88 Å². The quantitative estimate of drug-likeness (QED) is 0.504. The van der Waals surface area contributed by atoms with Crippen LogP contribution in [0.3, 0.4) is 0 Å². The average Bonchev–Trinajstić information content (AvgIpc) is 3.34. The molecule has 2 atom stereocenters. The van der Waals surface area contributed by atoms with Crippen molar-refractivity contribution >= 4 is 6.29 Å². The molecule has 2 unspecified atom stereocenters. The Morgan fingerprint density at radius 3 is 2.82 bits per heavy atom. The van der Waals surface area contributed by atoms with Crippen molar-refractivity contribution in [2.24, 2.45) is 5.92 Å². The van der Waals surface area contributed by atoms with Crippen molar-refractivity contribution in [1.29, 1.82) is 0 Å². The van der Waals surface area contributed by atoms with E-state index in [0.717, 1.165) is 52.0 Å². The van der Waals surface area contributed by atoms with E-state index >= 15 is 0 Å². The highest BCUT2D eigenvalue weighted by atomic mass is 16.5. The molecule has 0 aromatic carbocycles. The Morgan fingerprint density at radius 2 is 2.03 bits per heavy atom. The van der Waals surface area contributed by atoms with Gasteiger partial charge in [-0.15, -0.1) is 0 Å². The number of morpholine rings is 1. The number of aromatic nitrogens is 3. The highest BCUT2D eigenvalue weighted by Crippen LogP contribution is 2.39. The zero-order chi connectivity index (χ0) is 23.0. The molecule has 2 aromatic heterocycles. The third-order valence-corrected chi connectivity index (χ3v) is 6.69. The summed E-state index contributed by atoms with van der Waals surface area (Å²) in [5.41, 5.74) is 1.77. The molecule has 2 aliphatic rings. The van der Waals surface area contributed by atoms with Crippen molar-refractivity contribution in [3.05, 3.63) is 35.8 Å². The molecule has 180 valence electrons. The third-order valence-electron chi connectivity index (χ3n) is 6.69. The Morgan fingerprint density at radius 1 is 1.21 bits per heavy atom. The lowest BCUT2D eigenvalue weighted by molar-refractivity contribution is 0.0320. The number of carbonyl (C=O) groups excluding carboxylic acids is 1. The second-order valence-corrected chi connectivity index (χ2v) is 9.24. The minimum absolute atomic E-state index is 0.333. The van der Waals surface area contributed by atoms with Gasteiger partial charge >= 0.3 is 0 Å². The third kappa shape index (κ3) is 6.12. The van der Waals surface area contributed by atoms with Gasteiger partial charge in [-0.2, -0.15) is 5.10 Å². The summed E-state index contributed by atoms with van der Waals surface area (Å²) in [5.74, 6) is 1.78. The Balaban J connectivity index is 1.35. The molecule has 0 spiro atoms. The first-order valence-electron chi connectivity index (χ1n) is 12.2. The first-order chi connectivity index (χ1) is 16.2. The van der Waals surface area contributed by atoms with Crippen LogP contribution in [-0.4, -0.2) is 72.0 Å². The molecule has 3 heterocycles. The summed E-state index contributed by atoms with van der Waals surface area (Å²) in [6.45, 7) is 9.60. The van der Waals surface area contributed by atoms with Gasteiger partial charge in [-0.05, 0) is 32.8 Å². The van der Waals surface area contributed by atoms with Gasteiger partial charge in [0, 0.05) is 55.5 Å². The lowest BCUT2D eigenvalue weighted by Crippen LogP contribution is -2.38. The molecule has 0 radical (unpaired) electrons. The van der Waals surface area contributed by atoms with E-state index < -0.39 is 0 Å². The van der Waals surface area contributed by atoms with Gasteiger partial charge in [0.15, 0.2) is 6.29 Å². The highest BCUT2D eigenvalue weighted by Gasteiger charge is 2.30. The monoisotopic (exact) mass is 456 g/mol. The van der Waals surface area contributed by atoms with E-state index in [0.29, 0.717) is 48.3 Å². The van der Waals surface area contributed by atoms with Gasteiger partial charge in [0.25, 0.3) is 0 Å². The molecule has 4 rings (SSSR count). The van der Waals surface area contributed by atoms with E-state index in [1.807, 2.05) is 6.20 Å². The van der Waals surface area contributed by atoms with E-state index in [9.17, 15) is 4.79 Å². The smallest absolute Gasteiger partial charge is 0.214 e. The Labute approximate surface area is 196 Å². The summed E-state index contributed by atoms with van der Waals surface area (Å²) in [6.07, 6.45) is 9.01. The number of ether oxygens (including phenoxy) is 3. The fraction of sp³-hybridized carbons (Fsp3) is 0.640. The molecule has 8 nitrogen and oxygen atoms in total. The van der Waals surface area contributed by atoms with Crippen LogP contribution in [0.2, 0.25) is 0 Å². The van der Waals surface area contributed by atoms with Crippen LogP contribution in [0.5, 0.6) is 11.6 Å². The largest absolute Gasteiger partial charge is 0.491 e. The van der Waals surface area contributed by atoms with Gasteiger partial charge in [-0.1, -0.05) is 12.8 Å². The SMILES string of the molecule is CC(C)n1nccc1C1CCCCC1COc1cnc(OCCN2CCOCC2)cc1C=O. The number of rotatable bonds is 10. The molecule has 0 N–H and O–H groups in total. The number of nitrogens with zero attached hydrogens (tertiary/aromatic N) is 4. The summed E-state index contributed by atoms with van der Waals surface area (Å²) in [4.78, 5) is 18.4. The number of pyridine rings is 1. The summed E-state index contributed by atoms with van der Waals surface area (Å²) < 4.78 is 19.4. The maximum Gasteiger partial charge on any atom is 0.214 e. The second kappa shape index (κ2) is 11.6. The molecule has 0 bridgehead atoms. The lowest BCUT2D eigenvalue weighted by atomic mass is 9.77. The topological polar surface area (TPSA) is 78.7 Å². The van der Waals surface area contributed by atoms with Crippen molar-refractivity contribution in [2.75, 3.05) is 46.1 Å².